The molecule has 0 amide bonds. The number of unbranched alkanes of at least 4 members (excludes halogenated alkanes) is 9. The third-order valence-corrected chi connectivity index (χ3v) is 9.18. The Labute approximate surface area is 230 Å². The van der Waals surface area contributed by atoms with Crippen LogP contribution in [0.15, 0.2) is 0 Å². The summed E-state index contributed by atoms with van der Waals surface area (Å²) in [5.41, 5.74) is -0.627. The lowest BCUT2D eigenvalue weighted by molar-refractivity contribution is -0.160. The van der Waals surface area contributed by atoms with E-state index < -0.39 is 17.4 Å². The second kappa shape index (κ2) is 21.8. The SMILES string of the molecule is CCCCC(CC)CC(CCCCCCCCCCC(=O)O)C(CC(CC)CCCC)(C(=O)O)C(C)C. The highest BCUT2D eigenvalue weighted by Gasteiger charge is 2.49. The molecular weight excluding hydrogens is 460 g/mol. The Morgan fingerprint density at radius 3 is 1.57 bits per heavy atom. The van der Waals surface area contributed by atoms with Crippen LogP contribution < -0.4 is 0 Å². The van der Waals surface area contributed by atoms with Crippen molar-refractivity contribution >= 4 is 11.9 Å². The second-order valence-electron chi connectivity index (χ2n) is 12.2. The first-order valence-electron chi connectivity index (χ1n) is 16.1. The zero-order valence-corrected chi connectivity index (χ0v) is 25.7. The first kappa shape index (κ1) is 35.9. The summed E-state index contributed by atoms with van der Waals surface area (Å²) in [7, 11) is 0. The quantitative estimate of drug-likeness (QED) is 0.110. The number of hydrogen-bond donors (Lipinski definition) is 2. The van der Waals surface area contributed by atoms with E-state index in [1.807, 2.05) is 0 Å². The van der Waals surface area contributed by atoms with Crippen LogP contribution in [0.2, 0.25) is 0 Å². The van der Waals surface area contributed by atoms with Crippen LogP contribution in [0.3, 0.4) is 0 Å². The van der Waals surface area contributed by atoms with Crippen LogP contribution in [0, 0.1) is 29.1 Å². The van der Waals surface area contributed by atoms with Crippen LogP contribution in [0.5, 0.6) is 0 Å². The molecule has 0 saturated carbocycles. The normalized spacial score (nSPS) is 15.9. The molecule has 0 saturated heterocycles. The van der Waals surface area contributed by atoms with E-state index in [1.165, 1.54) is 57.8 Å². The molecule has 37 heavy (non-hydrogen) atoms. The van der Waals surface area contributed by atoms with Crippen LogP contribution in [0.4, 0.5) is 0 Å². The molecule has 0 bridgehead atoms. The molecule has 0 aliphatic carbocycles. The summed E-state index contributed by atoms with van der Waals surface area (Å²) in [6, 6.07) is 0. The van der Waals surface area contributed by atoms with E-state index in [9.17, 15) is 14.7 Å². The smallest absolute Gasteiger partial charge is 0.310 e. The summed E-state index contributed by atoms with van der Waals surface area (Å²) in [6.45, 7) is 13.4. The fourth-order valence-corrected chi connectivity index (χ4v) is 6.50. The Bertz CT molecular complexity index is 573. The van der Waals surface area contributed by atoms with Gasteiger partial charge in [-0.05, 0) is 49.4 Å². The summed E-state index contributed by atoms with van der Waals surface area (Å²) >= 11 is 0. The molecule has 0 aromatic heterocycles. The van der Waals surface area contributed by atoms with Gasteiger partial charge in [-0.3, -0.25) is 9.59 Å². The van der Waals surface area contributed by atoms with Gasteiger partial charge in [0.15, 0.2) is 0 Å². The van der Waals surface area contributed by atoms with Crippen molar-refractivity contribution in [2.24, 2.45) is 29.1 Å². The van der Waals surface area contributed by atoms with Crippen LogP contribution in [0.25, 0.3) is 0 Å². The molecule has 0 heterocycles. The van der Waals surface area contributed by atoms with E-state index in [-0.39, 0.29) is 18.3 Å². The Morgan fingerprint density at radius 2 is 1.14 bits per heavy atom. The van der Waals surface area contributed by atoms with Crippen LogP contribution in [-0.2, 0) is 9.59 Å². The number of aliphatic carboxylic acids is 2. The van der Waals surface area contributed by atoms with Crippen molar-refractivity contribution < 1.29 is 19.8 Å². The van der Waals surface area contributed by atoms with Gasteiger partial charge < -0.3 is 10.2 Å². The van der Waals surface area contributed by atoms with Crippen LogP contribution >= 0.6 is 0 Å². The molecular formula is C33H64O4. The third kappa shape index (κ3) is 14.6. The van der Waals surface area contributed by atoms with Gasteiger partial charge in [0.05, 0.1) is 5.41 Å². The lowest BCUT2D eigenvalue weighted by Crippen LogP contribution is -2.45. The molecule has 0 fully saturated rings. The molecule has 0 radical (unpaired) electrons. The molecule has 0 spiro atoms. The summed E-state index contributed by atoms with van der Waals surface area (Å²) < 4.78 is 0. The second-order valence-corrected chi connectivity index (χ2v) is 12.2. The minimum Gasteiger partial charge on any atom is -0.481 e. The number of carboxylic acid groups (broad SMARTS) is 2. The predicted molar refractivity (Wildman–Crippen MR) is 158 cm³/mol. The van der Waals surface area contributed by atoms with Crippen molar-refractivity contribution in [3.05, 3.63) is 0 Å². The maximum absolute atomic E-state index is 13.2. The Kier molecular flexibility index (Phi) is 21.2. The van der Waals surface area contributed by atoms with Gasteiger partial charge in [-0.15, -0.1) is 0 Å². The summed E-state index contributed by atoms with van der Waals surface area (Å²) in [6.07, 6.45) is 21.5. The van der Waals surface area contributed by atoms with Crippen molar-refractivity contribution in [2.75, 3.05) is 0 Å². The number of hydrogen-bond acceptors (Lipinski definition) is 2. The molecule has 4 nitrogen and oxygen atoms in total. The van der Waals surface area contributed by atoms with Crippen molar-refractivity contribution in [1.82, 2.24) is 0 Å². The maximum atomic E-state index is 13.2. The average molecular weight is 525 g/mol. The largest absolute Gasteiger partial charge is 0.481 e. The zero-order valence-electron chi connectivity index (χ0n) is 25.7. The zero-order chi connectivity index (χ0) is 28.1. The molecule has 220 valence electrons. The van der Waals surface area contributed by atoms with Crippen LogP contribution in [-0.4, -0.2) is 22.2 Å². The first-order chi connectivity index (χ1) is 17.7. The van der Waals surface area contributed by atoms with Crippen LogP contribution in [0.1, 0.15) is 170 Å². The molecule has 2 N–H and O–H groups in total. The lowest BCUT2D eigenvalue weighted by atomic mass is 9.59. The molecule has 0 aliphatic rings. The van der Waals surface area contributed by atoms with E-state index in [1.54, 1.807) is 0 Å². The monoisotopic (exact) mass is 524 g/mol. The van der Waals surface area contributed by atoms with E-state index >= 15 is 0 Å². The topological polar surface area (TPSA) is 74.6 Å². The fourth-order valence-electron chi connectivity index (χ4n) is 6.50. The van der Waals surface area contributed by atoms with Crippen molar-refractivity contribution in [3.8, 4) is 0 Å². The molecule has 0 aromatic carbocycles. The highest BCUT2D eigenvalue weighted by atomic mass is 16.4. The average Bonchev–Trinajstić information content (AvgIpc) is 2.86. The Morgan fingerprint density at radius 1 is 0.649 bits per heavy atom. The van der Waals surface area contributed by atoms with E-state index in [4.69, 9.17) is 5.11 Å². The number of carboxylic acids is 2. The molecule has 0 rings (SSSR count). The standard InChI is InChI=1S/C33H64O4/c1-7-11-21-28(9-3)25-30(23-19-17-15-13-14-16-18-20-24-31(34)35)33(27(5)6,32(36)37)26-29(10-4)22-12-8-2/h27-30H,7-26H2,1-6H3,(H,34,35)(H,36,37). The maximum Gasteiger partial charge on any atom is 0.310 e. The molecule has 0 aromatic rings. The van der Waals surface area contributed by atoms with Gasteiger partial charge >= 0.3 is 11.9 Å². The summed E-state index contributed by atoms with van der Waals surface area (Å²) in [4.78, 5) is 23.8. The fraction of sp³-hybridized carbons (Fsp3) is 0.939. The van der Waals surface area contributed by atoms with E-state index in [0.29, 0.717) is 11.8 Å². The number of rotatable bonds is 26. The van der Waals surface area contributed by atoms with Crippen molar-refractivity contribution in [2.45, 2.75) is 170 Å². The van der Waals surface area contributed by atoms with Crippen molar-refractivity contribution in [1.29, 1.82) is 0 Å². The van der Waals surface area contributed by atoms with Gasteiger partial charge in [-0.2, -0.15) is 0 Å². The van der Waals surface area contributed by atoms with Gasteiger partial charge in [-0.1, -0.05) is 138 Å². The van der Waals surface area contributed by atoms with Gasteiger partial charge in [0.25, 0.3) is 0 Å². The Balaban J connectivity index is 5.36. The minimum atomic E-state index is -0.691. The minimum absolute atomic E-state index is 0.139. The molecule has 4 heteroatoms. The summed E-state index contributed by atoms with van der Waals surface area (Å²) in [5, 5.41) is 19.6. The molecule has 4 unspecified atom stereocenters. The first-order valence-corrected chi connectivity index (χ1v) is 16.1. The third-order valence-electron chi connectivity index (χ3n) is 9.18. The summed E-state index contributed by atoms with van der Waals surface area (Å²) in [5.74, 6) is 0.276. The van der Waals surface area contributed by atoms with E-state index in [0.717, 1.165) is 64.2 Å². The van der Waals surface area contributed by atoms with Gasteiger partial charge in [-0.25, -0.2) is 0 Å². The highest BCUT2D eigenvalue weighted by molar-refractivity contribution is 5.75. The predicted octanol–water partition coefficient (Wildman–Crippen LogP) is 10.5. The highest BCUT2D eigenvalue weighted by Crippen LogP contribution is 2.49. The lowest BCUT2D eigenvalue weighted by Gasteiger charge is -2.44. The van der Waals surface area contributed by atoms with Gasteiger partial charge in [0.1, 0.15) is 0 Å². The molecule has 0 aliphatic heterocycles. The van der Waals surface area contributed by atoms with Crippen molar-refractivity contribution in [3.63, 3.8) is 0 Å². The number of carbonyl (C=O) groups is 2. The van der Waals surface area contributed by atoms with Gasteiger partial charge in [0.2, 0.25) is 0 Å². The molecule has 4 atom stereocenters. The van der Waals surface area contributed by atoms with Gasteiger partial charge in [0, 0.05) is 6.42 Å². The Hall–Kier alpha value is -1.06. The van der Waals surface area contributed by atoms with E-state index in [2.05, 4.69) is 41.5 Å².